The molecule has 288 valence electrons. The number of hydrogen-bond donors (Lipinski definition) is 0. The van der Waals surface area contributed by atoms with Crippen molar-refractivity contribution in [3.8, 4) is 73.4 Å². The molecule has 0 N–H and O–H groups in total. The lowest BCUT2D eigenvalue weighted by molar-refractivity contribution is 0.353. The van der Waals surface area contributed by atoms with E-state index in [1.54, 1.807) is 0 Å². The van der Waals surface area contributed by atoms with Crippen molar-refractivity contribution in [2.75, 3.05) is 0 Å². The largest absolute Gasteiger partial charge is 0.456 e. The molecule has 8 aromatic carbocycles. The highest BCUT2D eigenvalue weighted by Gasteiger charge is 2.44. The highest BCUT2D eigenvalue weighted by atomic mass is 16.3. The third-order valence-electron chi connectivity index (χ3n) is 13.4. The van der Waals surface area contributed by atoms with E-state index in [2.05, 4.69) is 140 Å². The number of hydrogen-bond acceptors (Lipinski definition) is 4. The van der Waals surface area contributed by atoms with Crippen molar-refractivity contribution >= 4 is 32.7 Å². The Morgan fingerprint density at radius 2 is 1.00 bits per heavy atom. The molecule has 0 unspecified atom stereocenters. The molecule has 1 fully saturated rings. The molecule has 2 heterocycles. The standard InChI is InChI=1S/C57H39N3O/c58-35-36-17-24-46-47-25-22-40(32-51(47)57(50(46)31-36)29-9-2-10-30-57)43-28-27-42(44-13-5-6-14-45(43)44)37-18-20-38(21-19-37)52-34-53(60-56(59-52)39-11-3-1-4-12-39)41-23-26-49-48-15-7-8-16-54(48)61-55(49)33-41/h1,3-8,11-28,31-34H,2,9-10,29-30H2. The Morgan fingerprint density at radius 1 is 0.426 bits per heavy atom. The van der Waals surface area contributed by atoms with Crippen LogP contribution >= 0.6 is 0 Å². The first-order valence-corrected chi connectivity index (χ1v) is 21.3. The Bertz CT molecular complexity index is 3400. The summed E-state index contributed by atoms with van der Waals surface area (Å²) in [4.78, 5) is 10.2. The quantitative estimate of drug-likeness (QED) is 0.174. The van der Waals surface area contributed by atoms with Crippen LogP contribution in [0.4, 0.5) is 0 Å². The molecular weight excluding hydrogens is 743 g/mol. The van der Waals surface area contributed by atoms with Crippen molar-refractivity contribution in [2.45, 2.75) is 37.5 Å². The third kappa shape index (κ3) is 5.73. The summed E-state index contributed by atoms with van der Waals surface area (Å²) in [6.45, 7) is 0. The second kappa shape index (κ2) is 14.0. The van der Waals surface area contributed by atoms with E-state index in [9.17, 15) is 5.26 Å². The molecule has 1 saturated carbocycles. The van der Waals surface area contributed by atoms with Gasteiger partial charge in [-0.15, -0.1) is 0 Å². The minimum atomic E-state index is -0.0301. The monoisotopic (exact) mass is 781 g/mol. The highest BCUT2D eigenvalue weighted by Crippen LogP contribution is 2.57. The zero-order chi connectivity index (χ0) is 40.5. The maximum atomic E-state index is 9.82. The first-order valence-electron chi connectivity index (χ1n) is 21.3. The summed E-state index contributed by atoms with van der Waals surface area (Å²) in [6, 6.07) is 64.8. The second-order valence-electron chi connectivity index (χ2n) is 16.7. The summed E-state index contributed by atoms with van der Waals surface area (Å²) in [5.41, 5.74) is 17.3. The van der Waals surface area contributed by atoms with Crippen LogP contribution < -0.4 is 0 Å². The van der Waals surface area contributed by atoms with E-state index in [-0.39, 0.29) is 5.41 Å². The number of para-hydroxylation sites is 1. The lowest BCUT2D eigenvalue weighted by Crippen LogP contribution is -2.28. The molecule has 2 aromatic heterocycles. The number of nitrogens with zero attached hydrogens (tertiary/aromatic N) is 3. The number of benzene rings is 8. The van der Waals surface area contributed by atoms with Gasteiger partial charge in [-0.2, -0.15) is 5.26 Å². The topological polar surface area (TPSA) is 62.7 Å². The molecule has 1 spiro atoms. The summed E-state index contributed by atoms with van der Waals surface area (Å²) >= 11 is 0. The van der Waals surface area contributed by atoms with Crippen LogP contribution in [0.3, 0.4) is 0 Å². The summed E-state index contributed by atoms with van der Waals surface area (Å²) < 4.78 is 6.27. The van der Waals surface area contributed by atoms with Gasteiger partial charge in [-0.05, 0) is 111 Å². The minimum Gasteiger partial charge on any atom is -0.456 e. The molecule has 0 bridgehead atoms. The van der Waals surface area contributed by atoms with E-state index in [0.29, 0.717) is 5.82 Å². The van der Waals surface area contributed by atoms with Crippen molar-refractivity contribution in [1.82, 2.24) is 9.97 Å². The number of rotatable bonds is 5. The van der Waals surface area contributed by atoms with Crippen LogP contribution in [0.1, 0.15) is 48.8 Å². The van der Waals surface area contributed by atoms with Crippen LogP contribution in [-0.4, -0.2) is 9.97 Å². The number of fused-ring (bicyclic) bond motifs is 9. The predicted octanol–water partition coefficient (Wildman–Crippen LogP) is 15.0. The van der Waals surface area contributed by atoms with Crippen LogP contribution in [0.2, 0.25) is 0 Å². The molecule has 4 nitrogen and oxygen atoms in total. The molecule has 12 rings (SSSR count). The molecule has 4 heteroatoms. The zero-order valence-electron chi connectivity index (χ0n) is 33.5. The average molecular weight is 782 g/mol. The maximum absolute atomic E-state index is 9.82. The van der Waals surface area contributed by atoms with Gasteiger partial charge in [0.25, 0.3) is 0 Å². The van der Waals surface area contributed by atoms with Gasteiger partial charge >= 0.3 is 0 Å². The minimum absolute atomic E-state index is 0.0301. The maximum Gasteiger partial charge on any atom is 0.160 e. The Balaban J connectivity index is 0.921. The summed E-state index contributed by atoms with van der Waals surface area (Å²) in [7, 11) is 0. The van der Waals surface area contributed by atoms with E-state index in [0.717, 1.165) is 74.0 Å². The smallest absolute Gasteiger partial charge is 0.160 e. The van der Waals surface area contributed by atoms with Crippen LogP contribution in [0.15, 0.2) is 180 Å². The molecule has 2 aliphatic carbocycles. The van der Waals surface area contributed by atoms with Gasteiger partial charge in [-0.3, -0.25) is 0 Å². The molecular formula is C57H39N3O. The predicted molar refractivity (Wildman–Crippen MR) is 248 cm³/mol. The fraction of sp³-hybridized carbons (Fsp3) is 0.105. The molecule has 0 aliphatic heterocycles. The number of furan rings is 1. The van der Waals surface area contributed by atoms with Crippen LogP contribution in [0, 0.1) is 11.3 Å². The molecule has 0 amide bonds. The Morgan fingerprint density at radius 3 is 1.75 bits per heavy atom. The first-order chi connectivity index (χ1) is 30.1. The van der Waals surface area contributed by atoms with E-state index in [1.165, 1.54) is 69.0 Å². The van der Waals surface area contributed by atoms with E-state index >= 15 is 0 Å². The summed E-state index contributed by atoms with van der Waals surface area (Å²) in [6.07, 6.45) is 5.95. The van der Waals surface area contributed by atoms with Crippen molar-refractivity contribution in [3.05, 3.63) is 193 Å². The molecule has 61 heavy (non-hydrogen) atoms. The van der Waals surface area contributed by atoms with Crippen molar-refractivity contribution < 1.29 is 4.42 Å². The van der Waals surface area contributed by atoms with Gasteiger partial charge < -0.3 is 4.42 Å². The Hall–Kier alpha value is -7.61. The lowest BCUT2D eigenvalue weighted by atomic mass is 9.67. The zero-order valence-corrected chi connectivity index (χ0v) is 33.5. The van der Waals surface area contributed by atoms with Crippen LogP contribution in [-0.2, 0) is 5.41 Å². The Kier molecular flexibility index (Phi) is 8.12. The Labute approximate surface area is 354 Å². The highest BCUT2D eigenvalue weighted by molar-refractivity contribution is 6.07. The van der Waals surface area contributed by atoms with E-state index in [4.69, 9.17) is 14.4 Å². The molecule has 10 aromatic rings. The van der Waals surface area contributed by atoms with Gasteiger partial charge in [0.05, 0.1) is 23.0 Å². The van der Waals surface area contributed by atoms with Gasteiger partial charge in [0.15, 0.2) is 5.82 Å². The van der Waals surface area contributed by atoms with E-state index < -0.39 is 0 Å². The van der Waals surface area contributed by atoms with Crippen LogP contribution in [0.5, 0.6) is 0 Å². The van der Waals surface area contributed by atoms with Crippen molar-refractivity contribution in [3.63, 3.8) is 0 Å². The number of nitriles is 1. The first kappa shape index (κ1) is 35.3. The average Bonchev–Trinajstić information content (AvgIpc) is 3.83. The van der Waals surface area contributed by atoms with Gasteiger partial charge in [0.1, 0.15) is 11.2 Å². The van der Waals surface area contributed by atoms with Crippen molar-refractivity contribution in [2.24, 2.45) is 0 Å². The van der Waals surface area contributed by atoms with Gasteiger partial charge in [-0.1, -0.05) is 153 Å². The van der Waals surface area contributed by atoms with Gasteiger partial charge in [0.2, 0.25) is 0 Å². The SMILES string of the molecule is N#Cc1ccc2c(c1)C1(CCCCC1)c1cc(-c3ccc(-c4ccc(-c5cc(-c6ccc7c(c6)oc6ccccc67)nc(-c6ccccc6)n5)cc4)c4ccccc34)ccc1-2. The molecule has 0 saturated heterocycles. The van der Waals surface area contributed by atoms with Crippen LogP contribution in [0.25, 0.3) is 100.0 Å². The number of aromatic nitrogens is 2. The molecule has 0 atom stereocenters. The van der Waals surface area contributed by atoms with E-state index in [1.807, 2.05) is 42.5 Å². The van der Waals surface area contributed by atoms with Gasteiger partial charge in [0, 0.05) is 32.9 Å². The normalized spacial score (nSPS) is 14.0. The van der Waals surface area contributed by atoms with Crippen molar-refractivity contribution in [1.29, 1.82) is 5.26 Å². The third-order valence-corrected chi connectivity index (χ3v) is 13.4. The summed E-state index contributed by atoms with van der Waals surface area (Å²) in [5, 5.41) is 14.5. The lowest BCUT2D eigenvalue weighted by Gasteiger charge is -2.36. The fourth-order valence-electron chi connectivity index (χ4n) is 10.4. The fourth-order valence-corrected chi connectivity index (χ4v) is 10.4. The summed E-state index contributed by atoms with van der Waals surface area (Å²) in [5.74, 6) is 0.681. The molecule has 0 radical (unpaired) electrons. The molecule has 2 aliphatic rings. The van der Waals surface area contributed by atoms with Gasteiger partial charge in [-0.25, -0.2) is 9.97 Å². The second-order valence-corrected chi connectivity index (χ2v) is 16.7.